The average Bonchev–Trinajstić information content (AvgIpc) is 3.32. The molecular formula is C35H30BrFN4O6. The minimum atomic E-state index is -0.824. The molecule has 0 bridgehead atoms. The van der Waals surface area contributed by atoms with Gasteiger partial charge in [-0.25, -0.2) is 4.39 Å². The van der Waals surface area contributed by atoms with E-state index in [-0.39, 0.29) is 43.1 Å². The van der Waals surface area contributed by atoms with Crippen molar-refractivity contribution < 1.29 is 28.6 Å². The molecule has 0 radical (unpaired) electrons. The quantitative estimate of drug-likeness (QED) is 0.173. The molecule has 1 aliphatic heterocycles. The Labute approximate surface area is 277 Å². The Balaban J connectivity index is 1.31. The van der Waals surface area contributed by atoms with Gasteiger partial charge in [0.1, 0.15) is 16.9 Å². The summed E-state index contributed by atoms with van der Waals surface area (Å²) in [5, 5.41) is 13.9. The van der Waals surface area contributed by atoms with Crippen molar-refractivity contribution in [3.63, 3.8) is 0 Å². The molecule has 0 atom stereocenters. The number of nitrogens with zero attached hydrogens (tertiary/aromatic N) is 3. The fraction of sp³-hybridized carbons (Fsp3) is 0.229. The molecule has 4 aromatic rings. The molecule has 2 N–H and O–H groups in total. The van der Waals surface area contributed by atoms with Gasteiger partial charge in [0, 0.05) is 47.9 Å². The Kier molecular flexibility index (Phi) is 9.41. The van der Waals surface area contributed by atoms with Gasteiger partial charge >= 0.3 is 0 Å². The molecule has 47 heavy (non-hydrogen) atoms. The number of hydrogen-bond donors (Lipinski definition) is 2. The van der Waals surface area contributed by atoms with Crippen molar-refractivity contribution in [3.05, 3.63) is 127 Å². The Bertz CT molecular complexity index is 2010. The first-order chi connectivity index (χ1) is 22.7. The second kappa shape index (κ2) is 13.8. The maximum Gasteiger partial charge on any atom is 0.267 e. The second-order valence-electron chi connectivity index (χ2n) is 11.2. The Hall–Kier alpha value is -4.94. The summed E-state index contributed by atoms with van der Waals surface area (Å²) in [6.45, 7) is 0.243. The average molecular weight is 702 g/mol. The summed E-state index contributed by atoms with van der Waals surface area (Å²) < 4.78 is 20.8. The minimum Gasteiger partial charge on any atom is -0.505 e. The number of nitrogens with one attached hydrogen (secondary N) is 1. The van der Waals surface area contributed by atoms with E-state index in [0.29, 0.717) is 47.1 Å². The van der Waals surface area contributed by atoms with Crippen molar-refractivity contribution in [2.75, 3.05) is 19.7 Å². The highest BCUT2D eigenvalue weighted by molar-refractivity contribution is 9.10. The van der Waals surface area contributed by atoms with Gasteiger partial charge in [0.15, 0.2) is 5.75 Å². The number of amides is 3. The molecule has 2 aromatic heterocycles. The number of fused-ring (bicyclic) bond motifs is 1. The third-order valence-corrected chi connectivity index (χ3v) is 9.01. The zero-order valence-corrected chi connectivity index (χ0v) is 26.8. The Morgan fingerprint density at radius 1 is 1.02 bits per heavy atom. The molecule has 0 saturated carbocycles. The van der Waals surface area contributed by atoms with Gasteiger partial charge in [-0.05, 0) is 57.6 Å². The number of carbonyl (C=O) groups is 3. The number of benzene rings is 2. The molecule has 0 unspecified atom stereocenters. The summed E-state index contributed by atoms with van der Waals surface area (Å²) in [4.78, 5) is 59.1. The molecule has 10 nitrogen and oxygen atoms in total. The molecule has 0 saturated heterocycles. The fourth-order valence-electron chi connectivity index (χ4n) is 5.74. The van der Waals surface area contributed by atoms with Crippen molar-refractivity contribution in [2.45, 2.75) is 32.4 Å². The predicted octanol–water partition coefficient (Wildman–Crippen LogP) is 4.56. The van der Waals surface area contributed by atoms with Crippen LogP contribution >= 0.6 is 15.9 Å². The molecule has 0 spiro atoms. The first-order valence-electron chi connectivity index (χ1n) is 15.1. The standard InChI is InChI=1S/C35H30BrFN4O6/c36-28-23(18-21-10-12-24(37)13-11-21)19-39-29-30(28)40(15-16-41-33(44)25-8-4-5-9-26(25)34(41)45)35(46)27(31(29)42)32(43)38-14-17-47-20-22-6-2-1-3-7-22/h1-4,6-8,10-13,19,42H,5,9,14-18,20H2,(H,38,43). The lowest BCUT2D eigenvalue weighted by Crippen LogP contribution is -2.39. The van der Waals surface area contributed by atoms with Crippen molar-refractivity contribution in [3.8, 4) is 5.75 Å². The highest BCUT2D eigenvalue weighted by atomic mass is 79.9. The topological polar surface area (TPSA) is 131 Å². The highest BCUT2D eigenvalue weighted by Gasteiger charge is 2.37. The van der Waals surface area contributed by atoms with E-state index in [1.54, 1.807) is 18.2 Å². The number of carbonyl (C=O) groups excluding carboxylic acids is 3. The molecule has 1 aliphatic carbocycles. The summed E-state index contributed by atoms with van der Waals surface area (Å²) in [5.41, 5.74) is 1.97. The Morgan fingerprint density at radius 2 is 1.79 bits per heavy atom. The number of ether oxygens (including phenoxy) is 1. The van der Waals surface area contributed by atoms with E-state index in [1.165, 1.54) is 22.9 Å². The first kappa shape index (κ1) is 32.0. The van der Waals surface area contributed by atoms with Crippen LogP contribution in [0.2, 0.25) is 0 Å². The van der Waals surface area contributed by atoms with Crippen LogP contribution in [0.3, 0.4) is 0 Å². The molecule has 0 fully saturated rings. The Morgan fingerprint density at radius 3 is 2.53 bits per heavy atom. The van der Waals surface area contributed by atoms with Gasteiger partial charge in [-0.2, -0.15) is 0 Å². The number of rotatable bonds is 11. The number of halogens is 2. The smallest absolute Gasteiger partial charge is 0.267 e. The lowest BCUT2D eigenvalue weighted by molar-refractivity contribution is -0.137. The van der Waals surface area contributed by atoms with Gasteiger partial charge in [0.25, 0.3) is 23.3 Å². The van der Waals surface area contributed by atoms with Crippen LogP contribution in [-0.4, -0.2) is 57.0 Å². The van der Waals surface area contributed by atoms with Gasteiger partial charge in [0.2, 0.25) is 0 Å². The largest absolute Gasteiger partial charge is 0.505 e. The molecule has 240 valence electrons. The number of hydrogen-bond acceptors (Lipinski definition) is 7. The summed E-state index contributed by atoms with van der Waals surface area (Å²) >= 11 is 3.57. The zero-order chi connectivity index (χ0) is 33.1. The van der Waals surface area contributed by atoms with Crippen LogP contribution in [0, 0.1) is 5.82 Å². The normalized spacial score (nSPS) is 14.3. The third kappa shape index (κ3) is 6.51. The molecule has 3 amide bonds. The van der Waals surface area contributed by atoms with Gasteiger partial charge < -0.3 is 19.7 Å². The number of aromatic nitrogens is 2. The van der Waals surface area contributed by atoms with Crippen molar-refractivity contribution in [2.24, 2.45) is 0 Å². The van der Waals surface area contributed by atoms with Crippen LogP contribution in [-0.2, 0) is 33.9 Å². The SMILES string of the molecule is O=C(NCCOCc1ccccc1)c1c(O)c2ncc(Cc3ccc(F)cc3)c(Br)c2n(CCN2C(=O)C3=C(CCC=C3)C2=O)c1=O. The van der Waals surface area contributed by atoms with Crippen molar-refractivity contribution in [1.29, 1.82) is 0 Å². The van der Waals surface area contributed by atoms with E-state index in [9.17, 15) is 28.7 Å². The highest BCUT2D eigenvalue weighted by Crippen LogP contribution is 2.34. The van der Waals surface area contributed by atoms with Crippen LogP contribution < -0.4 is 10.9 Å². The van der Waals surface area contributed by atoms with Crippen LogP contribution in [0.5, 0.6) is 5.75 Å². The van der Waals surface area contributed by atoms with E-state index in [0.717, 1.165) is 16.0 Å². The van der Waals surface area contributed by atoms with Crippen LogP contribution in [0.15, 0.2) is 93.4 Å². The third-order valence-electron chi connectivity index (χ3n) is 8.13. The maximum atomic E-state index is 14.0. The lowest BCUT2D eigenvalue weighted by atomic mass is 10.00. The lowest BCUT2D eigenvalue weighted by Gasteiger charge is -2.20. The summed E-state index contributed by atoms with van der Waals surface area (Å²) in [6.07, 6.45) is 6.41. The number of pyridine rings is 2. The monoisotopic (exact) mass is 700 g/mol. The number of allylic oxidation sites excluding steroid dienone is 1. The first-order valence-corrected chi connectivity index (χ1v) is 15.9. The number of imide groups is 1. The van der Waals surface area contributed by atoms with Crippen LogP contribution in [0.1, 0.15) is 39.9 Å². The van der Waals surface area contributed by atoms with E-state index in [1.807, 2.05) is 36.4 Å². The minimum absolute atomic E-state index is 0.0239. The predicted molar refractivity (Wildman–Crippen MR) is 175 cm³/mol. The zero-order valence-electron chi connectivity index (χ0n) is 25.2. The van der Waals surface area contributed by atoms with Crippen LogP contribution in [0.25, 0.3) is 11.0 Å². The molecule has 3 heterocycles. The fourth-order valence-corrected chi connectivity index (χ4v) is 6.38. The molecule has 12 heteroatoms. The molecule has 2 aromatic carbocycles. The second-order valence-corrected chi connectivity index (χ2v) is 12.0. The van der Waals surface area contributed by atoms with E-state index in [2.05, 4.69) is 26.2 Å². The van der Waals surface area contributed by atoms with E-state index < -0.39 is 34.6 Å². The summed E-state index contributed by atoms with van der Waals surface area (Å²) in [5.74, 6) is -2.66. The van der Waals surface area contributed by atoms with E-state index >= 15 is 0 Å². The van der Waals surface area contributed by atoms with Gasteiger partial charge in [-0.3, -0.25) is 29.1 Å². The summed E-state index contributed by atoms with van der Waals surface area (Å²) in [7, 11) is 0. The van der Waals surface area contributed by atoms with Gasteiger partial charge in [0.05, 0.1) is 18.7 Å². The van der Waals surface area contributed by atoms with Crippen LogP contribution in [0.4, 0.5) is 4.39 Å². The van der Waals surface area contributed by atoms with Crippen molar-refractivity contribution in [1.82, 2.24) is 19.8 Å². The summed E-state index contributed by atoms with van der Waals surface area (Å²) in [6, 6.07) is 15.4. The van der Waals surface area contributed by atoms with Gasteiger partial charge in [-0.15, -0.1) is 0 Å². The maximum absolute atomic E-state index is 14.0. The number of aromatic hydroxyl groups is 1. The van der Waals surface area contributed by atoms with Crippen molar-refractivity contribution >= 4 is 44.7 Å². The van der Waals surface area contributed by atoms with Gasteiger partial charge in [-0.1, -0.05) is 54.6 Å². The molecule has 6 rings (SSSR count). The molecule has 2 aliphatic rings. The molecular weight excluding hydrogens is 671 g/mol. The van der Waals surface area contributed by atoms with E-state index in [4.69, 9.17) is 4.74 Å².